The molecule has 1 aromatic heterocycles. The molecule has 0 saturated carbocycles. The molecule has 1 aromatic rings. The van der Waals surface area contributed by atoms with Gasteiger partial charge in [0.05, 0.1) is 12.1 Å². The number of likely N-dealkylation sites (N-methyl/N-ethyl adjacent to an activating group) is 1. The summed E-state index contributed by atoms with van der Waals surface area (Å²) in [7, 11) is 3.86. The van der Waals surface area contributed by atoms with Crippen molar-refractivity contribution in [2.45, 2.75) is 12.0 Å². The molecule has 1 saturated heterocycles. The third-order valence-corrected chi connectivity index (χ3v) is 4.03. The molecule has 0 unspecified atom stereocenters. The van der Waals surface area contributed by atoms with E-state index in [2.05, 4.69) is 0 Å². The molecule has 0 bridgehead atoms. The van der Waals surface area contributed by atoms with Crippen LogP contribution in [0.15, 0.2) is 23.6 Å². The predicted octanol–water partition coefficient (Wildman–Crippen LogP) is 1.29. The molecule has 19 heavy (non-hydrogen) atoms. The van der Waals surface area contributed by atoms with Crippen LogP contribution in [0.2, 0.25) is 0 Å². The molecule has 5 heteroatoms. The van der Waals surface area contributed by atoms with Gasteiger partial charge in [0.1, 0.15) is 0 Å². The lowest BCUT2D eigenvalue weighted by molar-refractivity contribution is -0.126. The summed E-state index contributed by atoms with van der Waals surface area (Å²) >= 11 is 1.60. The number of β-amino-alcohol motifs (C(OH)–C–C–N with tert-alkyl or cyclic N) is 1. The average molecular weight is 280 g/mol. The normalized spacial score (nSPS) is 23.7. The molecule has 1 N–H and O–H groups in total. The Hall–Kier alpha value is -1.17. The highest BCUT2D eigenvalue weighted by atomic mass is 32.1. The Morgan fingerprint density at radius 3 is 3.05 bits per heavy atom. The molecule has 1 aliphatic heterocycles. The van der Waals surface area contributed by atoms with E-state index in [0.717, 1.165) is 4.88 Å². The van der Waals surface area contributed by atoms with Gasteiger partial charge in [0.2, 0.25) is 5.91 Å². The minimum Gasteiger partial charge on any atom is -0.387 e. The summed E-state index contributed by atoms with van der Waals surface area (Å²) in [6.45, 7) is 1.63. The SMILES string of the molecule is CN(C)C[C@@]1(O)CCN(C(=O)/C=C/c2cccs2)C1. The summed E-state index contributed by atoms with van der Waals surface area (Å²) in [5.74, 6) is -0.0249. The van der Waals surface area contributed by atoms with E-state index < -0.39 is 5.60 Å². The summed E-state index contributed by atoms with van der Waals surface area (Å²) in [5, 5.41) is 12.4. The van der Waals surface area contributed by atoms with E-state index in [1.54, 1.807) is 22.3 Å². The summed E-state index contributed by atoms with van der Waals surface area (Å²) in [5.41, 5.74) is -0.768. The van der Waals surface area contributed by atoms with E-state index in [0.29, 0.717) is 26.1 Å². The summed E-state index contributed by atoms with van der Waals surface area (Å²) in [4.78, 5) is 16.8. The maximum atomic E-state index is 12.0. The maximum Gasteiger partial charge on any atom is 0.246 e. The standard InChI is InChI=1S/C14H20N2O2S/c1-15(2)10-14(18)7-8-16(11-14)13(17)6-5-12-4-3-9-19-12/h3-6,9,18H,7-8,10-11H2,1-2H3/b6-5+/t14-/m0/s1. The topological polar surface area (TPSA) is 43.8 Å². The lowest BCUT2D eigenvalue weighted by Crippen LogP contribution is -2.43. The molecule has 1 fully saturated rings. The maximum absolute atomic E-state index is 12.0. The second kappa shape index (κ2) is 5.86. The number of carbonyl (C=O) groups is 1. The van der Waals surface area contributed by atoms with E-state index in [1.807, 2.05) is 42.6 Å². The Kier molecular flexibility index (Phi) is 4.39. The lowest BCUT2D eigenvalue weighted by atomic mass is 10.0. The van der Waals surface area contributed by atoms with Crippen LogP contribution < -0.4 is 0 Å². The van der Waals surface area contributed by atoms with Crippen molar-refractivity contribution in [1.82, 2.24) is 9.80 Å². The number of amides is 1. The molecule has 1 aliphatic rings. The van der Waals surface area contributed by atoms with Crippen LogP contribution in [0, 0.1) is 0 Å². The Morgan fingerprint density at radius 1 is 1.63 bits per heavy atom. The van der Waals surface area contributed by atoms with Gasteiger partial charge in [0.15, 0.2) is 0 Å². The minimum atomic E-state index is -0.768. The predicted molar refractivity (Wildman–Crippen MR) is 78.1 cm³/mol. The number of thiophene rings is 1. The van der Waals surface area contributed by atoms with Crippen LogP contribution in [0.4, 0.5) is 0 Å². The summed E-state index contributed by atoms with van der Waals surface area (Å²) in [6.07, 6.45) is 4.06. The van der Waals surface area contributed by atoms with Crippen LogP contribution in [0.3, 0.4) is 0 Å². The first-order chi connectivity index (χ1) is 8.98. The fourth-order valence-electron chi connectivity index (χ4n) is 2.41. The molecule has 0 aliphatic carbocycles. The quantitative estimate of drug-likeness (QED) is 0.845. The van der Waals surface area contributed by atoms with Gasteiger partial charge >= 0.3 is 0 Å². The zero-order chi connectivity index (χ0) is 13.9. The van der Waals surface area contributed by atoms with Gasteiger partial charge in [0.25, 0.3) is 0 Å². The van der Waals surface area contributed by atoms with E-state index in [-0.39, 0.29) is 5.91 Å². The van der Waals surface area contributed by atoms with Crippen LogP contribution in [0.1, 0.15) is 11.3 Å². The third-order valence-electron chi connectivity index (χ3n) is 3.19. The first-order valence-electron chi connectivity index (χ1n) is 6.36. The zero-order valence-corrected chi connectivity index (χ0v) is 12.2. The highest BCUT2D eigenvalue weighted by Gasteiger charge is 2.37. The molecular formula is C14H20N2O2S. The summed E-state index contributed by atoms with van der Waals surface area (Å²) in [6, 6.07) is 3.93. The Bertz CT molecular complexity index is 456. The van der Waals surface area contributed by atoms with Gasteiger partial charge in [-0.05, 0) is 38.0 Å². The molecule has 0 spiro atoms. The number of likely N-dealkylation sites (tertiary alicyclic amines) is 1. The largest absolute Gasteiger partial charge is 0.387 e. The van der Waals surface area contributed by atoms with E-state index in [4.69, 9.17) is 0 Å². The number of carbonyl (C=O) groups excluding carboxylic acids is 1. The minimum absolute atomic E-state index is 0.0249. The molecule has 1 amide bonds. The molecule has 1 atom stereocenters. The van der Waals surface area contributed by atoms with Gasteiger partial charge in [-0.15, -0.1) is 11.3 Å². The van der Waals surface area contributed by atoms with Gasteiger partial charge < -0.3 is 14.9 Å². The zero-order valence-electron chi connectivity index (χ0n) is 11.4. The highest BCUT2D eigenvalue weighted by Crippen LogP contribution is 2.22. The Labute approximate surface area is 118 Å². The Morgan fingerprint density at radius 2 is 2.42 bits per heavy atom. The number of rotatable bonds is 4. The number of hydrogen-bond donors (Lipinski definition) is 1. The summed E-state index contributed by atoms with van der Waals surface area (Å²) < 4.78 is 0. The molecule has 0 radical (unpaired) electrons. The van der Waals surface area contributed by atoms with Crippen molar-refractivity contribution < 1.29 is 9.90 Å². The number of hydrogen-bond acceptors (Lipinski definition) is 4. The Balaban J connectivity index is 1.91. The van der Waals surface area contributed by atoms with Crippen molar-refractivity contribution in [2.24, 2.45) is 0 Å². The molecule has 2 heterocycles. The van der Waals surface area contributed by atoms with Gasteiger partial charge in [-0.3, -0.25) is 4.79 Å². The van der Waals surface area contributed by atoms with Crippen molar-refractivity contribution in [3.05, 3.63) is 28.5 Å². The molecule has 4 nitrogen and oxygen atoms in total. The smallest absolute Gasteiger partial charge is 0.246 e. The monoisotopic (exact) mass is 280 g/mol. The second-order valence-corrected chi connectivity index (χ2v) is 6.30. The lowest BCUT2D eigenvalue weighted by Gasteiger charge is -2.26. The van der Waals surface area contributed by atoms with Crippen molar-refractivity contribution in [3.8, 4) is 0 Å². The molecule has 0 aromatic carbocycles. The molecular weight excluding hydrogens is 260 g/mol. The first kappa shape index (κ1) is 14.2. The van der Waals surface area contributed by atoms with E-state index in [9.17, 15) is 9.90 Å². The molecule has 104 valence electrons. The van der Waals surface area contributed by atoms with Crippen LogP contribution >= 0.6 is 11.3 Å². The first-order valence-corrected chi connectivity index (χ1v) is 7.24. The van der Waals surface area contributed by atoms with Gasteiger partial charge in [-0.1, -0.05) is 6.07 Å². The second-order valence-electron chi connectivity index (χ2n) is 5.32. The van der Waals surface area contributed by atoms with Gasteiger partial charge in [0, 0.05) is 24.0 Å². The van der Waals surface area contributed by atoms with Gasteiger partial charge in [-0.25, -0.2) is 0 Å². The van der Waals surface area contributed by atoms with Crippen molar-refractivity contribution >= 4 is 23.3 Å². The van der Waals surface area contributed by atoms with Crippen molar-refractivity contribution in [1.29, 1.82) is 0 Å². The average Bonchev–Trinajstić information content (AvgIpc) is 2.94. The van der Waals surface area contributed by atoms with Crippen LogP contribution in [0.25, 0.3) is 6.08 Å². The third kappa shape index (κ3) is 3.89. The van der Waals surface area contributed by atoms with Crippen LogP contribution in [-0.2, 0) is 4.79 Å². The number of nitrogens with zero attached hydrogens (tertiary/aromatic N) is 2. The fourth-order valence-corrected chi connectivity index (χ4v) is 3.03. The fraction of sp³-hybridized carbons (Fsp3) is 0.500. The highest BCUT2D eigenvalue weighted by molar-refractivity contribution is 7.10. The number of aliphatic hydroxyl groups is 1. The van der Waals surface area contributed by atoms with Crippen LogP contribution in [-0.4, -0.2) is 60.1 Å². The molecule has 2 rings (SSSR count). The van der Waals surface area contributed by atoms with Crippen molar-refractivity contribution in [2.75, 3.05) is 33.7 Å². The van der Waals surface area contributed by atoms with Crippen LogP contribution in [0.5, 0.6) is 0 Å². The van der Waals surface area contributed by atoms with E-state index in [1.165, 1.54) is 0 Å². The van der Waals surface area contributed by atoms with Crippen molar-refractivity contribution in [3.63, 3.8) is 0 Å². The van der Waals surface area contributed by atoms with E-state index >= 15 is 0 Å². The van der Waals surface area contributed by atoms with Gasteiger partial charge in [-0.2, -0.15) is 0 Å².